The summed E-state index contributed by atoms with van der Waals surface area (Å²) in [7, 11) is 0. The first-order chi connectivity index (χ1) is 11.6. The van der Waals surface area contributed by atoms with Gasteiger partial charge in [-0.2, -0.15) is 0 Å². The zero-order chi connectivity index (χ0) is 16.7. The summed E-state index contributed by atoms with van der Waals surface area (Å²) in [6.45, 7) is 4.18. The summed E-state index contributed by atoms with van der Waals surface area (Å²) >= 11 is 1.60. The minimum Gasteiger partial charge on any atom is -0.508 e. The van der Waals surface area contributed by atoms with Gasteiger partial charge < -0.3 is 10.4 Å². The van der Waals surface area contributed by atoms with Crippen molar-refractivity contribution in [2.24, 2.45) is 0 Å². The van der Waals surface area contributed by atoms with E-state index in [2.05, 4.69) is 41.8 Å². The summed E-state index contributed by atoms with van der Waals surface area (Å²) in [4.78, 5) is 5.69. The quantitative estimate of drug-likeness (QED) is 0.546. The minimum atomic E-state index is 0.254. The number of rotatable bonds is 3. The number of aromatic hydroxyl groups is 1. The maximum Gasteiger partial charge on any atom is 0.195 e. The molecule has 120 valence electrons. The van der Waals surface area contributed by atoms with Gasteiger partial charge in [0.1, 0.15) is 17.3 Å². The number of benzene rings is 2. The van der Waals surface area contributed by atoms with E-state index >= 15 is 0 Å². The summed E-state index contributed by atoms with van der Waals surface area (Å²) < 4.78 is 2.06. The molecule has 2 N–H and O–H groups in total. The van der Waals surface area contributed by atoms with Crippen molar-refractivity contribution in [3.63, 3.8) is 0 Å². The molecule has 0 saturated heterocycles. The Morgan fingerprint density at radius 2 is 1.88 bits per heavy atom. The van der Waals surface area contributed by atoms with Gasteiger partial charge in [0.05, 0.1) is 0 Å². The maximum absolute atomic E-state index is 9.54. The van der Waals surface area contributed by atoms with Crippen molar-refractivity contribution < 1.29 is 5.11 Å². The predicted molar refractivity (Wildman–Crippen MR) is 99.4 cm³/mol. The van der Waals surface area contributed by atoms with Gasteiger partial charge in [0, 0.05) is 22.8 Å². The van der Waals surface area contributed by atoms with Crippen LogP contribution >= 0.6 is 11.3 Å². The van der Waals surface area contributed by atoms with E-state index in [0.29, 0.717) is 0 Å². The van der Waals surface area contributed by atoms with Crippen LogP contribution in [-0.4, -0.2) is 14.5 Å². The zero-order valence-electron chi connectivity index (χ0n) is 13.4. The van der Waals surface area contributed by atoms with Crippen LogP contribution in [0.2, 0.25) is 0 Å². The number of anilines is 2. The number of phenolic OH excluding ortho intramolecular Hbond substituents is 1. The molecule has 2 aromatic carbocycles. The first-order valence-electron chi connectivity index (χ1n) is 7.71. The second-order valence-electron chi connectivity index (χ2n) is 5.85. The summed E-state index contributed by atoms with van der Waals surface area (Å²) in [5, 5.41) is 15.1. The molecule has 2 heterocycles. The lowest BCUT2D eigenvalue weighted by Crippen LogP contribution is -1.98. The molecular weight excluding hydrogens is 318 g/mol. The normalized spacial score (nSPS) is 11.1. The molecule has 2 aromatic heterocycles. The van der Waals surface area contributed by atoms with Gasteiger partial charge in [-0.25, -0.2) is 4.98 Å². The molecule has 0 bridgehead atoms. The fourth-order valence-corrected chi connectivity index (χ4v) is 3.44. The molecule has 0 unspecified atom stereocenters. The van der Waals surface area contributed by atoms with E-state index in [-0.39, 0.29) is 5.75 Å². The second kappa shape index (κ2) is 5.69. The molecular formula is C19H17N3OS. The summed E-state index contributed by atoms with van der Waals surface area (Å²) in [6.07, 6.45) is 2.02. The van der Waals surface area contributed by atoms with E-state index in [0.717, 1.165) is 27.7 Å². The first kappa shape index (κ1) is 14.8. The Bertz CT molecular complexity index is 1010. The SMILES string of the molecule is Cc1ccc(C)c(Nc2c(-c3ccc(O)cc3)nc3sccn23)c1. The first-order valence-corrected chi connectivity index (χ1v) is 8.59. The van der Waals surface area contributed by atoms with Crippen LogP contribution in [-0.2, 0) is 0 Å². The van der Waals surface area contributed by atoms with Crippen molar-refractivity contribution in [2.45, 2.75) is 13.8 Å². The van der Waals surface area contributed by atoms with Crippen molar-refractivity contribution in [3.8, 4) is 17.0 Å². The van der Waals surface area contributed by atoms with Gasteiger partial charge in [0.15, 0.2) is 4.96 Å². The van der Waals surface area contributed by atoms with Gasteiger partial charge >= 0.3 is 0 Å². The number of hydrogen-bond donors (Lipinski definition) is 2. The Balaban J connectivity index is 1.87. The number of hydrogen-bond acceptors (Lipinski definition) is 4. The lowest BCUT2D eigenvalue weighted by Gasteiger charge is -2.11. The molecule has 0 amide bonds. The van der Waals surface area contributed by atoms with Crippen LogP contribution < -0.4 is 5.32 Å². The van der Waals surface area contributed by atoms with Gasteiger partial charge in [-0.3, -0.25) is 4.40 Å². The summed E-state index contributed by atoms with van der Waals surface area (Å²) in [6, 6.07) is 13.5. The summed E-state index contributed by atoms with van der Waals surface area (Å²) in [5.74, 6) is 1.19. The topological polar surface area (TPSA) is 49.6 Å². The fourth-order valence-electron chi connectivity index (χ4n) is 2.72. The third-order valence-corrected chi connectivity index (χ3v) is 4.81. The number of aryl methyl sites for hydroxylation is 2. The molecule has 0 aliphatic carbocycles. The number of imidazole rings is 1. The minimum absolute atomic E-state index is 0.254. The largest absolute Gasteiger partial charge is 0.508 e. The van der Waals surface area contributed by atoms with Crippen LogP contribution in [0.25, 0.3) is 16.2 Å². The van der Waals surface area contributed by atoms with Crippen LogP contribution in [0.15, 0.2) is 54.0 Å². The molecule has 0 spiro atoms. The molecule has 0 radical (unpaired) electrons. The molecule has 4 rings (SSSR count). The van der Waals surface area contributed by atoms with Gasteiger partial charge in [0.25, 0.3) is 0 Å². The molecule has 0 aliphatic rings. The second-order valence-corrected chi connectivity index (χ2v) is 6.73. The fraction of sp³-hybridized carbons (Fsp3) is 0.105. The Kier molecular flexibility index (Phi) is 3.50. The highest BCUT2D eigenvalue weighted by Gasteiger charge is 2.16. The van der Waals surface area contributed by atoms with Crippen LogP contribution in [0.5, 0.6) is 5.75 Å². The average molecular weight is 335 g/mol. The van der Waals surface area contributed by atoms with Crippen LogP contribution in [0.3, 0.4) is 0 Å². The smallest absolute Gasteiger partial charge is 0.195 e. The number of aromatic nitrogens is 2. The van der Waals surface area contributed by atoms with Gasteiger partial charge in [-0.1, -0.05) is 12.1 Å². The van der Waals surface area contributed by atoms with Crippen molar-refractivity contribution in [3.05, 3.63) is 65.2 Å². The van der Waals surface area contributed by atoms with E-state index in [1.54, 1.807) is 23.5 Å². The number of phenols is 1. The Labute approximate surface area is 144 Å². The third-order valence-electron chi connectivity index (χ3n) is 4.05. The van der Waals surface area contributed by atoms with Crippen molar-refractivity contribution >= 4 is 27.8 Å². The molecule has 0 aliphatic heterocycles. The number of thiazole rings is 1. The van der Waals surface area contributed by atoms with Gasteiger partial charge in [-0.15, -0.1) is 11.3 Å². The predicted octanol–water partition coefficient (Wildman–Crippen LogP) is 5.13. The van der Waals surface area contributed by atoms with E-state index < -0.39 is 0 Å². The molecule has 4 nitrogen and oxygen atoms in total. The van der Waals surface area contributed by atoms with Crippen molar-refractivity contribution in [1.82, 2.24) is 9.38 Å². The highest BCUT2D eigenvalue weighted by atomic mass is 32.1. The molecule has 0 saturated carbocycles. The van der Waals surface area contributed by atoms with Crippen LogP contribution in [0.1, 0.15) is 11.1 Å². The lowest BCUT2D eigenvalue weighted by atomic mass is 10.1. The number of nitrogens with one attached hydrogen (secondary N) is 1. The molecule has 4 aromatic rings. The van der Waals surface area contributed by atoms with E-state index in [1.807, 2.05) is 23.7 Å². The van der Waals surface area contributed by atoms with Crippen LogP contribution in [0.4, 0.5) is 11.5 Å². The van der Waals surface area contributed by atoms with Gasteiger partial charge in [-0.05, 0) is 55.3 Å². The third kappa shape index (κ3) is 2.53. The monoisotopic (exact) mass is 335 g/mol. The molecule has 0 atom stereocenters. The molecule has 24 heavy (non-hydrogen) atoms. The standard InChI is InChI=1S/C19H17N3OS/c1-12-3-4-13(2)16(11-12)20-18-17(14-5-7-15(23)8-6-14)21-19-22(18)9-10-24-19/h3-11,20,23H,1-2H3. The van der Waals surface area contributed by atoms with Crippen molar-refractivity contribution in [1.29, 1.82) is 0 Å². The van der Waals surface area contributed by atoms with Crippen molar-refractivity contribution in [2.75, 3.05) is 5.32 Å². The Morgan fingerprint density at radius 3 is 2.67 bits per heavy atom. The highest BCUT2D eigenvalue weighted by molar-refractivity contribution is 7.15. The van der Waals surface area contributed by atoms with E-state index in [1.165, 1.54) is 11.1 Å². The highest BCUT2D eigenvalue weighted by Crippen LogP contribution is 2.34. The zero-order valence-corrected chi connectivity index (χ0v) is 14.3. The molecule has 5 heteroatoms. The summed E-state index contributed by atoms with van der Waals surface area (Å²) in [5.41, 5.74) is 5.31. The lowest BCUT2D eigenvalue weighted by molar-refractivity contribution is 0.475. The van der Waals surface area contributed by atoms with E-state index in [9.17, 15) is 5.11 Å². The van der Waals surface area contributed by atoms with E-state index in [4.69, 9.17) is 4.98 Å². The maximum atomic E-state index is 9.54. The number of nitrogens with zero attached hydrogens (tertiary/aromatic N) is 2. The van der Waals surface area contributed by atoms with Crippen LogP contribution in [0, 0.1) is 13.8 Å². The van der Waals surface area contributed by atoms with Gasteiger partial charge in [0.2, 0.25) is 0 Å². The molecule has 0 fully saturated rings. The average Bonchev–Trinajstić information content (AvgIpc) is 3.14. The Morgan fingerprint density at radius 1 is 1.08 bits per heavy atom. The number of fused-ring (bicyclic) bond motifs is 1. The Hall–Kier alpha value is -2.79.